The molecule has 348 valence electrons. The smallest absolute Gasteiger partial charge is 0.258 e. The number of hydrogen-bond acceptors (Lipinski definition) is 14. The molecule has 3 N–H and O–H groups in total. The number of para-hydroxylation sites is 1. The van der Waals surface area contributed by atoms with Crippen molar-refractivity contribution in [1.29, 1.82) is 0 Å². The summed E-state index contributed by atoms with van der Waals surface area (Å²) >= 11 is 0. The molecule has 1 aliphatic heterocycles. The topological polar surface area (TPSA) is 220 Å². The minimum absolute atomic E-state index is 0.0164. The van der Waals surface area contributed by atoms with Crippen molar-refractivity contribution in [2.75, 3.05) is 79.2 Å². The number of benzene rings is 3. The zero-order valence-corrected chi connectivity index (χ0v) is 37.2. The van der Waals surface area contributed by atoms with Gasteiger partial charge in [-0.1, -0.05) is 36.4 Å². The molecule has 0 radical (unpaired) electrons. The Labute approximate surface area is 383 Å². The highest BCUT2D eigenvalue weighted by molar-refractivity contribution is 6.05. The Morgan fingerprint density at radius 2 is 1.59 bits per heavy atom. The maximum Gasteiger partial charge on any atom is 0.258 e. The highest BCUT2D eigenvalue weighted by Gasteiger charge is 2.31. The molecule has 6 rings (SSSR count). The molecule has 1 saturated heterocycles. The number of anilines is 1. The van der Waals surface area contributed by atoms with Crippen LogP contribution in [0.1, 0.15) is 58.9 Å². The Balaban J connectivity index is 0.877. The molecule has 1 fully saturated rings. The van der Waals surface area contributed by atoms with Crippen LogP contribution < -0.4 is 20.5 Å². The lowest BCUT2D eigenvalue weighted by Gasteiger charge is -2.32. The molecule has 18 heteroatoms. The van der Waals surface area contributed by atoms with E-state index >= 15 is 0 Å². The number of nitrogen functional groups attached to an aromatic ring is 1. The third-order valence-corrected chi connectivity index (χ3v) is 10.9. The molecule has 0 aliphatic carbocycles. The predicted octanol–water partition coefficient (Wildman–Crippen LogP) is 5.08. The molecule has 2 aromatic heterocycles. The summed E-state index contributed by atoms with van der Waals surface area (Å²) < 4.78 is 30.6. The first kappa shape index (κ1) is 48.4. The lowest BCUT2D eigenvalue weighted by molar-refractivity contribution is -0.127. The molecule has 3 amide bonds. The number of rotatable bonds is 25. The highest BCUT2D eigenvalue weighted by Crippen LogP contribution is 2.35. The zero-order chi connectivity index (χ0) is 46.7. The molecule has 2 unspecified atom stereocenters. The van der Waals surface area contributed by atoms with Crippen molar-refractivity contribution in [1.82, 2.24) is 34.9 Å². The van der Waals surface area contributed by atoms with Crippen LogP contribution in [0.5, 0.6) is 17.2 Å². The van der Waals surface area contributed by atoms with Crippen LogP contribution in [0.3, 0.4) is 0 Å². The van der Waals surface area contributed by atoms with Crippen molar-refractivity contribution in [3.05, 3.63) is 102 Å². The molecule has 5 aromatic rings. The van der Waals surface area contributed by atoms with Gasteiger partial charge in [-0.3, -0.25) is 19.2 Å². The number of nitrogens with zero attached hydrogens (tertiary/aromatic N) is 6. The van der Waals surface area contributed by atoms with Gasteiger partial charge in [0.2, 0.25) is 11.8 Å². The molecule has 2 atom stereocenters. The molecule has 0 spiro atoms. The summed E-state index contributed by atoms with van der Waals surface area (Å²) in [7, 11) is 2.89. The first-order valence-corrected chi connectivity index (χ1v) is 21.9. The standard InChI is InChI=1S/C48H56N8O10/c1-50-47(60)39(15-10-23-57)54(2)48(61)42-35(32-58)11-8-16-40(42)65-30-29-64-28-27-63-26-25-62-24-7-6-17-41(59)55-22-9-12-36(31-55)56-46-43(45(49)51-33-52-46)44(53-56)34-18-20-38(21-19-34)66-37-13-4-3-5-14-37/h3-6,8,11,13-14,16-21,23,32-33,36,39H,7,9-10,12,15,22,24-31H2,1-2H3,(H,50,60)(H2,49,51,52)/b17-6+. The lowest BCUT2D eigenvalue weighted by Crippen LogP contribution is -2.47. The molecule has 0 saturated carbocycles. The van der Waals surface area contributed by atoms with E-state index in [-0.39, 0.29) is 61.5 Å². The van der Waals surface area contributed by atoms with Crippen molar-refractivity contribution < 1.29 is 47.7 Å². The SMILES string of the molecule is CNC(=O)C(CCC=O)N(C)C(=O)c1c(C=O)cccc1OCCOCCOCCOCC/C=C/C(=O)N1CCCC(n2nc(-c3ccc(Oc4ccccc4)cc3)c3c(N)ncnc32)C1. The summed E-state index contributed by atoms with van der Waals surface area (Å²) in [4.78, 5) is 73.8. The third kappa shape index (κ3) is 12.8. The monoisotopic (exact) mass is 904 g/mol. The van der Waals surface area contributed by atoms with Crippen molar-refractivity contribution in [2.45, 2.75) is 44.2 Å². The molecule has 18 nitrogen and oxygen atoms in total. The van der Waals surface area contributed by atoms with Gasteiger partial charge in [0, 0.05) is 44.7 Å². The van der Waals surface area contributed by atoms with E-state index in [0.29, 0.717) is 86.8 Å². The Morgan fingerprint density at radius 1 is 0.879 bits per heavy atom. The lowest BCUT2D eigenvalue weighted by atomic mass is 10.0. The fourth-order valence-corrected chi connectivity index (χ4v) is 7.51. The Kier molecular flexibility index (Phi) is 18.3. The Hall–Kier alpha value is -7.02. The number of aromatic nitrogens is 4. The van der Waals surface area contributed by atoms with Gasteiger partial charge >= 0.3 is 0 Å². The third-order valence-electron chi connectivity index (χ3n) is 10.9. The number of carbonyl (C=O) groups excluding carboxylic acids is 5. The average molecular weight is 905 g/mol. The highest BCUT2D eigenvalue weighted by atomic mass is 16.6. The molecular weight excluding hydrogens is 849 g/mol. The van der Waals surface area contributed by atoms with E-state index in [0.717, 1.165) is 24.2 Å². The van der Waals surface area contributed by atoms with E-state index in [2.05, 4.69) is 15.3 Å². The van der Waals surface area contributed by atoms with E-state index in [9.17, 15) is 24.0 Å². The van der Waals surface area contributed by atoms with Crippen LogP contribution in [-0.4, -0.2) is 139 Å². The minimum Gasteiger partial charge on any atom is -0.490 e. The fraction of sp³-hybridized carbons (Fsp3) is 0.375. The molecule has 0 bridgehead atoms. The summed E-state index contributed by atoms with van der Waals surface area (Å²) in [6, 6.07) is 20.8. The van der Waals surface area contributed by atoms with Gasteiger partial charge in [-0.25, -0.2) is 14.6 Å². The number of ether oxygens (including phenoxy) is 5. The molecular formula is C48H56N8O10. The van der Waals surface area contributed by atoms with Gasteiger partial charge in [0.05, 0.1) is 56.6 Å². The molecule has 66 heavy (non-hydrogen) atoms. The largest absolute Gasteiger partial charge is 0.490 e. The fourth-order valence-electron chi connectivity index (χ4n) is 7.51. The van der Waals surface area contributed by atoms with E-state index in [1.54, 1.807) is 18.2 Å². The number of nitrogens with one attached hydrogen (secondary N) is 1. The van der Waals surface area contributed by atoms with Gasteiger partial charge in [0.25, 0.3) is 5.91 Å². The van der Waals surface area contributed by atoms with E-state index in [1.165, 1.54) is 31.4 Å². The van der Waals surface area contributed by atoms with Gasteiger partial charge in [-0.05, 0) is 74.2 Å². The van der Waals surface area contributed by atoms with E-state index in [1.807, 2.05) is 70.3 Å². The van der Waals surface area contributed by atoms with Crippen LogP contribution in [0.4, 0.5) is 5.82 Å². The van der Waals surface area contributed by atoms with Crippen LogP contribution in [-0.2, 0) is 28.6 Å². The van der Waals surface area contributed by atoms with E-state index in [4.69, 9.17) is 34.5 Å². The van der Waals surface area contributed by atoms with Crippen LogP contribution in [0, 0.1) is 0 Å². The van der Waals surface area contributed by atoms with Crippen molar-refractivity contribution in [2.24, 2.45) is 0 Å². The Bertz CT molecular complexity index is 2430. The van der Waals surface area contributed by atoms with Crippen molar-refractivity contribution in [3.8, 4) is 28.5 Å². The van der Waals surface area contributed by atoms with Crippen LogP contribution >= 0.6 is 0 Å². The maximum absolute atomic E-state index is 13.5. The van der Waals surface area contributed by atoms with Crippen molar-refractivity contribution >= 4 is 47.1 Å². The number of likely N-dealkylation sites (tertiary alicyclic amines) is 1. The van der Waals surface area contributed by atoms with Crippen LogP contribution in [0.15, 0.2) is 91.3 Å². The number of piperidine rings is 1. The number of likely N-dealkylation sites (N-methyl/N-ethyl adjacent to an activating group) is 2. The normalized spacial score (nSPS) is 14.2. The van der Waals surface area contributed by atoms with Crippen molar-refractivity contribution in [3.63, 3.8) is 0 Å². The van der Waals surface area contributed by atoms with Crippen LogP contribution in [0.25, 0.3) is 22.3 Å². The van der Waals surface area contributed by atoms with Gasteiger partial charge in [0.1, 0.15) is 54.0 Å². The number of aldehydes is 2. The second-order valence-electron chi connectivity index (χ2n) is 15.3. The number of hydrogen-bond donors (Lipinski definition) is 2. The Morgan fingerprint density at radius 3 is 2.30 bits per heavy atom. The zero-order valence-electron chi connectivity index (χ0n) is 37.2. The van der Waals surface area contributed by atoms with E-state index < -0.39 is 17.9 Å². The summed E-state index contributed by atoms with van der Waals surface area (Å²) in [6.45, 7) is 3.13. The first-order chi connectivity index (χ1) is 32.2. The predicted molar refractivity (Wildman–Crippen MR) is 245 cm³/mol. The summed E-state index contributed by atoms with van der Waals surface area (Å²) in [5.74, 6) is 0.835. The number of amides is 3. The molecule has 3 aromatic carbocycles. The minimum atomic E-state index is -0.912. The number of carbonyl (C=O) groups is 5. The van der Waals surface area contributed by atoms with Gasteiger partial charge in [-0.15, -0.1) is 0 Å². The first-order valence-electron chi connectivity index (χ1n) is 21.9. The molecule has 1 aliphatic rings. The summed E-state index contributed by atoms with van der Waals surface area (Å²) in [5, 5.41) is 8.17. The quantitative estimate of drug-likeness (QED) is 0.0443. The van der Waals surface area contributed by atoms with Gasteiger partial charge in [0.15, 0.2) is 11.9 Å². The number of fused-ring (bicyclic) bond motifs is 1. The maximum atomic E-state index is 13.5. The second kappa shape index (κ2) is 24.9. The van der Waals surface area contributed by atoms with Crippen LogP contribution in [0.2, 0.25) is 0 Å². The molecule has 3 heterocycles. The summed E-state index contributed by atoms with van der Waals surface area (Å²) in [6.07, 6.45) is 8.46. The van der Waals surface area contributed by atoms with Gasteiger partial charge < -0.3 is 49.3 Å². The van der Waals surface area contributed by atoms with Gasteiger partial charge in [-0.2, -0.15) is 5.10 Å². The average Bonchev–Trinajstić information content (AvgIpc) is 3.75. The number of nitrogens with two attached hydrogens (primary N) is 1. The summed E-state index contributed by atoms with van der Waals surface area (Å²) in [5.41, 5.74) is 8.64. The second-order valence-corrected chi connectivity index (χ2v) is 15.3.